The monoisotopic (exact) mass is 274 g/mol. The third kappa shape index (κ3) is 3.05. The number of hydrogen-bond acceptors (Lipinski definition) is 4. The summed E-state index contributed by atoms with van der Waals surface area (Å²) >= 11 is 0. The van der Waals surface area contributed by atoms with Gasteiger partial charge in [0.1, 0.15) is 17.5 Å². The average molecular weight is 274 g/mol. The van der Waals surface area contributed by atoms with Crippen molar-refractivity contribution in [3.05, 3.63) is 11.9 Å². The minimum Gasteiger partial charge on any atom is -0.384 e. The van der Waals surface area contributed by atoms with E-state index in [1.165, 1.54) is 32.1 Å². The van der Waals surface area contributed by atoms with Crippen LogP contribution in [0.25, 0.3) is 0 Å². The summed E-state index contributed by atoms with van der Waals surface area (Å²) in [6.45, 7) is 6.88. The van der Waals surface area contributed by atoms with Crippen molar-refractivity contribution in [1.82, 2.24) is 9.97 Å². The van der Waals surface area contributed by atoms with E-state index >= 15 is 0 Å². The molecule has 4 heteroatoms. The van der Waals surface area contributed by atoms with Crippen LogP contribution in [0.1, 0.15) is 57.7 Å². The van der Waals surface area contributed by atoms with Gasteiger partial charge in [-0.2, -0.15) is 0 Å². The highest BCUT2D eigenvalue weighted by molar-refractivity contribution is 5.47. The molecule has 2 fully saturated rings. The Hall–Kier alpha value is -1.32. The van der Waals surface area contributed by atoms with Gasteiger partial charge in [0, 0.05) is 25.1 Å². The predicted octanol–water partition coefficient (Wildman–Crippen LogP) is 3.20. The molecule has 3 rings (SSSR count). The van der Waals surface area contributed by atoms with Crippen molar-refractivity contribution in [2.45, 2.75) is 51.9 Å². The minimum atomic E-state index is 0.563. The van der Waals surface area contributed by atoms with E-state index in [0.717, 1.165) is 36.6 Å². The number of nitrogens with zero attached hydrogens (tertiary/aromatic N) is 3. The fourth-order valence-corrected chi connectivity index (χ4v) is 3.18. The summed E-state index contributed by atoms with van der Waals surface area (Å²) in [5, 5.41) is 0. The number of nitrogens with two attached hydrogens (primary N) is 1. The van der Waals surface area contributed by atoms with Gasteiger partial charge in [-0.1, -0.05) is 13.8 Å². The normalized spacial score (nSPS) is 23.9. The van der Waals surface area contributed by atoms with E-state index in [9.17, 15) is 0 Å². The molecule has 110 valence electrons. The first-order chi connectivity index (χ1) is 9.63. The Balaban J connectivity index is 1.75. The van der Waals surface area contributed by atoms with E-state index in [-0.39, 0.29) is 0 Å². The van der Waals surface area contributed by atoms with Gasteiger partial charge in [0.15, 0.2) is 0 Å². The molecule has 1 saturated carbocycles. The van der Waals surface area contributed by atoms with Crippen LogP contribution in [0.2, 0.25) is 0 Å². The molecule has 1 aliphatic carbocycles. The van der Waals surface area contributed by atoms with Gasteiger partial charge in [0.25, 0.3) is 0 Å². The third-order valence-electron chi connectivity index (χ3n) is 4.73. The zero-order valence-electron chi connectivity index (χ0n) is 12.7. The second kappa shape index (κ2) is 5.58. The molecule has 1 unspecified atom stereocenters. The zero-order valence-corrected chi connectivity index (χ0v) is 12.7. The van der Waals surface area contributed by atoms with E-state index < -0.39 is 0 Å². The summed E-state index contributed by atoms with van der Waals surface area (Å²) < 4.78 is 0. The Morgan fingerprint density at radius 1 is 1.15 bits per heavy atom. The fraction of sp³-hybridized carbons (Fsp3) is 0.750. The summed E-state index contributed by atoms with van der Waals surface area (Å²) in [5.41, 5.74) is 5.97. The van der Waals surface area contributed by atoms with Gasteiger partial charge in [-0.3, -0.25) is 0 Å². The number of rotatable bonds is 3. The van der Waals surface area contributed by atoms with Crippen LogP contribution >= 0.6 is 0 Å². The van der Waals surface area contributed by atoms with E-state index in [2.05, 4.69) is 23.7 Å². The van der Waals surface area contributed by atoms with E-state index in [1.807, 2.05) is 6.07 Å². The van der Waals surface area contributed by atoms with Crippen LogP contribution < -0.4 is 10.6 Å². The molecule has 4 nitrogen and oxygen atoms in total. The van der Waals surface area contributed by atoms with Gasteiger partial charge < -0.3 is 10.6 Å². The molecular formula is C16H26N4. The lowest BCUT2D eigenvalue weighted by Crippen LogP contribution is -2.26. The summed E-state index contributed by atoms with van der Waals surface area (Å²) in [7, 11) is 0. The number of aromatic nitrogens is 2. The van der Waals surface area contributed by atoms with Crippen molar-refractivity contribution in [3.8, 4) is 0 Å². The fourth-order valence-electron chi connectivity index (χ4n) is 3.18. The minimum absolute atomic E-state index is 0.563. The molecule has 1 atom stereocenters. The van der Waals surface area contributed by atoms with Crippen molar-refractivity contribution in [2.75, 3.05) is 23.7 Å². The molecule has 1 aliphatic heterocycles. The van der Waals surface area contributed by atoms with Crippen LogP contribution in [0.5, 0.6) is 0 Å². The smallest absolute Gasteiger partial charge is 0.136 e. The Bertz CT molecular complexity index is 468. The Morgan fingerprint density at radius 2 is 1.95 bits per heavy atom. The SMILES string of the molecule is CC(C)C1CCCN(c2cc(N)nc(C3CC3)n2)CC1. The third-order valence-corrected chi connectivity index (χ3v) is 4.73. The van der Waals surface area contributed by atoms with Crippen LogP contribution in [0, 0.1) is 11.8 Å². The highest BCUT2D eigenvalue weighted by Crippen LogP contribution is 2.39. The summed E-state index contributed by atoms with van der Waals surface area (Å²) in [5.74, 6) is 4.83. The van der Waals surface area contributed by atoms with Gasteiger partial charge in [0.2, 0.25) is 0 Å². The van der Waals surface area contributed by atoms with Crippen molar-refractivity contribution < 1.29 is 0 Å². The largest absolute Gasteiger partial charge is 0.384 e. The molecular weight excluding hydrogens is 248 g/mol. The Labute approximate surface area is 121 Å². The first-order valence-electron chi connectivity index (χ1n) is 8.03. The molecule has 1 aromatic heterocycles. The quantitative estimate of drug-likeness (QED) is 0.919. The van der Waals surface area contributed by atoms with Gasteiger partial charge in [-0.25, -0.2) is 9.97 Å². The van der Waals surface area contributed by atoms with Gasteiger partial charge in [0.05, 0.1) is 0 Å². The first-order valence-corrected chi connectivity index (χ1v) is 8.03. The topological polar surface area (TPSA) is 55.0 Å². The average Bonchev–Trinajstić information content (AvgIpc) is 3.24. The highest BCUT2D eigenvalue weighted by atomic mass is 15.2. The number of anilines is 2. The number of hydrogen-bond donors (Lipinski definition) is 1. The van der Waals surface area contributed by atoms with Crippen molar-refractivity contribution in [2.24, 2.45) is 11.8 Å². The number of nitrogen functional groups attached to an aromatic ring is 1. The van der Waals surface area contributed by atoms with Crippen LogP contribution in [-0.2, 0) is 0 Å². The summed E-state index contributed by atoms with van der Waals surface area (Å²) in [6.07, 6.45) is 6.30. The van der Waals surface area contributed by atoms with Crippen LogP contribution in [-0.4, -0.2) is 23.1 Å². The zero-order chi connectivity index (χ0) is 14.1. The first kappa shape index (κ1) is 13.7. The van der Waals surface area contributed by atoms with Crippen LogP contribution in [0.4, 0.5) is 11.6 Å². The van der Waals surface area contributed by atoms with Crippen molar-refractivity contribution >= 4 is 11.6 Å². The van der Waals surface area contributed by atoms with Gasteiger partial charge in [-0.05, 0) is 43.9 Å². The van der Waals surface area contributed by atoms with E-state index in [1.54, 1.807) is 0 Å². The van der Waals surface area contributed by atoms with Gasteiger partial charge in [-0.15, -0.1) is 0 Å². The molecule has 0 spiro atoms. The lowest BCUT2D eigenvalue weighted by molar-refractivity contribution is 0.351. The molecule has 1 aromatic rings. The molecule has 2 N–H and O–H groups in total. The highest BCUT2D eigenvalue weighted by Gasteiger charge is 2.28. The molecule has 1 saturated heterocycles. The molecule has 20 heavy (non-hydrogen) atoms. The Morgan fingerprint density at radius 3 is 2.65 bits per heavy atom. The standard InChI is InChI=1S/C16H26N4/c1-11(2)12-4-3-8-20(9-7-12)15-10-14(17)18-16(19-15)13-5-6-13/h10-13H,3-9H2,1-2H3,(H2,17,18,19). The molecule has 2 aliphatic rings. The van der Waals surface area contributed by atoms with E-state index in [4.69, 9.17) is 10.7 Å². The second-order valence-electron chi connectivity index (χ2n) is 6.71. The molecule has 0 bridgehead atoms. The second-order valence-corrected chi connectivity index (χ2v) is 6.71. The van der Waals surface area contributed by atoms with E-state index in [0.29, 0.717) is 11.7 Å². The maximum atomic E-state index is 5.97. The predicted molar refractivity (Wildman–Crippen MR) is 82.8 cm³/mol. The maximum Gasteiger partial charge on any atom is 0.136 e. The Kier molecular flexibility index (Phi) is 3.81. The van der Waals surface area contributed by atoms with Crippen molar-refractivity contribution in [1.29, 1.82) is 0 Å². The van der Waals surface area contributed by atoms with Gasteiger partial charge >= 0.3 is 0 Å². The van der Waals surface area contributed by atoms with Crippen LogP contribution in [0.15, 0.2) is 6.07 Å². The van der Waals surface area contributed by atoms with Crippen molar-refractivity contribution in [3.63, 3.8) is 0 Å². The summed E-state index contributed by atoms with van der Waals surface area (Å²) in [4.78, 5) is 11.6. The lowest BCUT2D eigenvalue weighted by Gasteiger charge is -2.23. The van der Waals surface area contributed by atoms with Crippen LogP contribution in [0.3, 0.4) is 0 Å². The molecule has 0 amide bonds. The molecule has 0 aromatic carbocycles. The molecule has 2 heterocycles. The molecule has 0 radical (unpaired) electrons. The lowest BCUT2D eigenvalue weighted by atomic mass is 9.89. The maximum absolute atomic E-state index is 5.97. The summed E-state index contributed by atoms with van der Waals surface area (Å²) in [6, 6.07) is 1.95.